The van der Waals surface area contributed by atoms with Crippen molar-refractivity contribution in [1.82, 2.24) is 15.3 Å². The Morgan fingerprint density at radius 2 is 1.74 bits per heavy atom. The third-order valence-electron chi connectivity index (χ3n) is 3.92. The molecule has 0 spiro atoms. The highest BCUT2D eigenvalue weighted by Gasteiger charge is 2.53. The Labute approximate surface area is 122 Å². The minimum Gasteiger partial charge on any atom is -0.364 e. The molecule has 1 aromatic heterocycles. The number of nitrogens with zero attached hydrogens (tertiary/aromatic N) is 2. The van der Waals surface area contributed by atoms with Crippen molar-refractivity contribution in [2.75, 3.05) is 18.4 Å². The highest BCUT2D eigenvalue weighted by atomic mass is 35.5. The van der Waals surface area contributed by atoms with E-state index in [0.717, 1.165) is 41.8 Å². The highest BCUT2D eigenvalue weighted by molar-refractivity contribution is 6.32. The highest BCUT2D eigenvalue weighted by Crippen LogP contribution is 2.44. The SMILES string of the molecule is Cl.Clc1nc2ccccc2nc1NC1[C@H]2CNC[C@@H]12. The predicted octanol–water partition coefficient (Wildman–Crippen LogP) is 2.33. The van der Waals surface area contributed by atoms with Crippen LogP contribution in [0.1, 0.15) is 0 Å². The van der Waals surface area contributed by atoms with Gasteiger partial charge in [-0.2, -0.15) is 0 Å². The molecule has 2 aliphatic rings. The van der Waals surface area contributed by atoms with E-state index in [9.17, 15) is 0 Å². The quantitative estimate of drug-likeness (QED) is 0.893. The zero-order valence-corrected chi connectivity index (χ0v) is 11.7. The van der Waals surface area contributed by atoms with E-state index in [4.69, 9.17) is 11.6 Å². The zero-order chi connectivity index (χ0) is 12.1. The number of halogens is 2. The van der Waals surface area contributed by atoms with Gasteiger partial charge in [0.2, 0.25) is 0 Å². The van der Waals surface area contributed by atoms with Crippen LogP contribution in [-0.2, 0) is 0 Å². The van der Waals surface area contributed by atoms with E-state index >= 15 is 0 Å². The summed E-state index contributed by atoms with van der Waals surface area (Å²) in [5.74, 6) is 2.18. The molecule has 19 heavy (non-hydrogen) atoms. The maximum atomic E-state index is 6.18. The van der Waals surface area contributed by atoms with E-state index in [2.05, 4.69) is 20.6 Å². The lowest BCUT2D eigenvalue weighted by Crippen LogP contribution is -2.22. The summed E-state index contributed by atoms with van der Waals surface area (Å²) in [4.78, 5) is 8.93. The summed E-state index contributed by atoms with van der Waals surface area (Å²) < 4.78 is 0. The lowest BCUT2D eigenvalue weighted by atomic mass is 10.3. The van der Waals surface area contributed by atoms with E-state index < -0.39 is 0 Å². The van der Waals surface area contributed by atoms with Crippen molar-refractivity contribution in [3.8, 4) is 0 Å². The predicted molar refractivity (Wildman–Crippen MR) is 79.1 cm³/mol. The molecule has 1 aliphatic heterocycles. The maximum Gasteiger partial charge on any atom is 0.172 e. The van der Waals surface area contributed by atoms with Gasteiger partial charge in [-0.3, -0.25) is 0 Å². The van der Waals surface area contributed by atoms with Gasteiger partial charge < -0.3 is 10.6 Å². The van der Waals surface area contributed by atoms with Gasteiger partial charge in [-0.25, -0.2) is 9.97 Å². The van der Waals surface area contributed by atoms with Crippen LogP contribution in [0, 0.1) is 11.8 Å². The molecule has 2 aromatic rings. The first-order valence-corrected chi connectivity index (χ1v) is 6.60. The third-order valence-corrected chi connectivity index (χ3v) is 4.19. The molecule has 4 rings (SSSR count). The second-order valence-corrected chi connectivity index (χ2v) is 5.37. The molecule has 1 aromatic carbocycles. The molecule has 2 fully saturated rings. The van der Waals surface area contributed by atoms with Crippen molar-refractivity contribution in [3.63, 3.8) is 0 Å². The van der Waals surface area contributed by atoms with Gasteiger partial charge >= 0.3 is 0 Å². The number of para-hydroxylation sites is 2. The Hall–Kier alpha value is -1.10. The molecule has 1 saturated heterocycles. The van der Waals surface area contributed by atoms with Gasteiger partial charge in [-0.1, -0.05) is 23.7 Å². The summed E-state index contributed by atoms with van der Waals surface area (Å²) in [7, 11) is 0. The molecule has 1 aliphatic carbocycles. The second kappa shape index (κ2) is 4.78. The molecule has 0 radical (unpaired) electrons. The van der Waals surface area contributed by atoms with Crippen LogP contribution in [0.25, 0.3) is 11.0 Å². The number of rotatable bonds is 2. The van der Waals surface area contributed by atoms with Crippen LogP contribution in [0.5, 0.6) is 0 Å². The Morgan fingerprint density at radius 1 is 1.11 bits per heavy atom. The fourth-order valence-electron chi connectivity index (χ4n) is 2.86. The average Bonchev–Trinajstić information content (AvgIpc) is 2.83. The molecule has 2 heterocycles. The zero-order valence-electron chi connectivity index (χ0n) is 10.1. The summed E-state index contributed by atoms with van der Waals surface area (Å²) in [5, 5.41) is 7.27. The van der Waals surface area contributed by atoms with Gasteiger partial charge in [0.15, 0.2) is 11.0 Å². The third kappa shape index (κ3) is 2.14. The summed E-state index contributed by atoms with van der Waals surface area (Å²) in [5.41, 5.74) is 1.72. The van der Waals surface area contributed by atoms with E-state index in [-0.39, 0.29) is 12.4 Å². The number of fused-ring (bicyclic) bond motifs is 2. The van der Waals surface area contributed by atoms with Crippen LogP contribution in [0.3, 0.4) is 0 Å². The van der Waals surface area contributed by atoms with Crippen molar-refractivity contribution in [2.45, 2.75) is 6.04 Å². The van der Waals surface area contributed by atoms with Crippen LogP contribution in [-0.4, -0.2) is 29.1 Å². The van der Waals surface area contributed by atoms with Crippen LogP contribution >= 0.6 is 24.0 Å². The molecular weight excluding hydrogens is 283 g/mol. The van der Waals surface area contributed by atoms with Crippen molar-refractivity contribution in [3.05, 3.63) is 29.4 Å². The van der Waals surface area contributed by atoms with Gasteiger partial charge in [0.25, 0.3) is 0 Å². The summed E-state index contributed by atoms with van der Waals surface area (Å²) in [6, 6.07) is 8.30. The Kier molecular flexibility index (Phi) is 3.25. The Morgan fingerprint density at radius 3 is 2.42 bits per heavy atom. The van der Waals surface area contributed by atoms with Gasteiger partial charge in [0.1, 0.15) is 0 Å². The van der Waals surface area contributed by atoms with Crippen LogP contribution in [0.2, 0.25) is 5.15 Å². The van der Waals surface area contributed by atoms with E-state index in [1.807, 2.05) is 24.3 Å². The molecule has 1 saturated carbocycles. The minimum absolute atomic E-state index is 0. The smallest absolute Gasteiger partial charge is 0.172 e. The molecule has 0 bridgehead atoms. The van der Waals surface area contributed by atoms with Gasteiger partial charge in [0, 0.05) is 19.1 Å². The standard InChI is InChI=1S/C13H13ClN4.ClH/c14-12-13(18-11-7-5-15-6-8(7)11)17-10-4-2-1-3-9(10)16-12;/h1-4,7-8,11,15H,5-6H2,(H,17,18);1H/t7-,8+,11?;. The van der Waals surface area contributed by atoms with Crippen LogP contribution < -0.4 is 10.6 Å². The largest absolute Gasteiger partial charge is 0.364 e. The molecule has 3 atom stereocenters. The van der Waals surface area contributed by atoms with Crippen molar-refractivity contribution in [2.24, 2.45) is 11.8 Å². The van der Waals surface area contributed by atoms with E-state index in [1.165, 1.54) is 0 Å². The minimum atomic E-state index is 0. The Bertz CT molecular complexity index is 609. The first-order chi connectivity index (χ1) is 8.83. The normalized spacial score (nSPS) is 27.7. The lowest BCUT2D eigenvalue weighted by molar-refractivity contribution is 0.695. The second-order valence-electron chi connectivity index (χ2n) is 5.01. The number of aromatic nitrogens is 2. The molecule has 1 unspecified atom stereocenters. The molecule has 6 heteroatoms. The van der Waals surface area contributed by atoms with Crippen molar-refractivity contribution in [1.29, 1.82) is 0 Å². The fraction of sp³-hybridized carbons (Fsp3) is 0.385. The molecular formula is C13H14Cl2N4. The summed E-state index contributed by atoms with van der Waals surface area (Å²) in [6.45, 7) is 2.20. The molecule has 0 amide bonds. The monoisotopic (exact) mass is 296 g/mol. The Balaban J connectivity index is 0.00000110. The molecule has 2 N–H and O–H groups in total. The number of hydrogen-bond acceptors (Lipinski definition) is 4. The summed E-state index contributed by atoms with van der Waals surface area (Å²) >= 11 is 6.18. The molecule has 100 valence electrons. The first kappa shape index (κ1) is 12.9. The number of benzene rings is 1. The van der Waals surface area contributed by atoms with Gasteiger partial charge in [-0.05, 0) is 24.0 Å². The number of piperidine rings is 1. The van der Waals surface area contributed by atoms with Gasteiger partial charge in [0.05, 0.1) is 11.0 Å². The topological polar surface area (TPSA) is 49.8 Å². The first-order valence-electron chi connectivity index (χ1n) is 6.22. The average molecular weight is 297 g/mol. The molecule has 4 nitrogen and oxygen atoms in total. The van der Waals surface area contributed by atoms with Crippen LogP contribution in [0.15, 0.2) is 24.3 Å². The van der Waals surface area contributed by atoms with Crippen molar-refractivity contribution < 1.29 is 0 Å². The number of anilines is 1. The van der Waals surface area contributed by atoms with Crippen LogP contribution in [0.4, 0.5) is 5.82 Å². The number of hydrogen-bond donors (Lipinski definition) is 2. The maximum absolute atomic E-state index is 6.18. The number of nitrogens with one attached hydrogen (secondary N) is 2. The van der Waals surface area contributed by atoms with E-state index in [0.29, 0.717) is 11.2 Å². The summed E-state index contributed by atoms with van der Waals surface area (Å²) in [6.07, 6.45) is 0. The van der Waals surface area contributed by atoms with Gasteiger partial charge in [-0.15, -0.1) is 12.4 Å². The van der Waals surface area contributed by atoms with Crippen molar-refractivity contribution >= 4 is 40.9 Å². The van der Waals surface area contributed by atoms with E-state index in [1.54, 1.807) is 0 Å². The fourth-order valence-corrected chi connectivity index (χ4v) is 3.05. The lowest BCUT2D eigenvalue weighted by Gasteiger charge is -2.10.